The summed E-state index contributed by atoms with van der Waals surface area (Å²) in [5.74, 6) is -2.43. The van der Waals surface area contributed by atoms with Crippen molar-refractivity contribution < 1.29 is 19.8 Å². The van der Waals surface area contributed by atoms with E-state index < -0.39 is 11.9 Å². The van der Waals surface area contributed by atoms with E-state index in [0.717, 1.165) is 17.2 Å². The summed E-state index contributed by atoms with van der Waals surface area (Å²) < 4.78 is 0. The Morgan fingerprint density at radius 1 is 0.727 bits per heavy atom. The van der Waals surface area contributed by atoms with Crippen LogP contribution in [0.2, 0.25) is 0 Å². The Balaban J connectivity index is 2.41. The highest BCUT2D eigenvalue weighted by Crippen LogP contribution is 2.23. The quantitative estimate of drug-likeness (QED) is 0.829. The van der Waals surface area contributed by atoms with Gasteiger partial charge in [0.1, 0.15) is 0 Å². The third-order valence-electron chi connectivity index (χ3n) is 2.90. The van der Waals surface area contributed by atoms with Gasteiger partial charge < -0.3 is 10.2 Å². The molecule has 0 unspecified atom stereocenters. The first-order chi connectivity index (χ1) is 10.3. The number of aryl methyl sites for hydroxylation is 2. The van der Waals surface area contributed by atoms with Crippen molar-refractivity contribution in [3.63, 3.8) is 0 Å². The highest BCUT2D eigenvalue weighted by molar-refractivity contribution is 5.95. The maximum Gasteiger partial charge on any atom is 0.335 e. The fraction of sp³-hybridized carbons (Fsp3) is 0.125. The zero-order valence-electron chi connectivity index (χ0n) is 12.1. The molecule has 6 heteroatoms. The number of carboxylic acids is 2. The predicted octanol–water partition coefficient (Wildman–Crippen LogP) is 4.12. The van der Waals surface area contributed by atoms with E-state index in [1.165, 1.54) is 12.1 Å². The first kappa shape index (κ1) is 15.4. The Labute approximate surface area is 126 Å². The number of aromatic carboxylic acids is 2. The summed E-state index contributed by atoms with van der Waals surface area (Å²) in [6.45, 7) is 3.86. The first-order valence-corrected chi connectivity index (χ1v) is 6.47. The SMILES string of the molecule is Cc1cc(C)cc(N=Nc2cc(C(=O)O)cc(C(=O)O)c2)c1. The summed E-state index contributed by atoms with van der Waals surface area (Å²) in [5, 5.41) is 26.0. The van der Waals surface area contributed by atoms with Gasteiger partial charge in [-0.05, 0) is 55.3 Å². The lowest BCUT2D eigenvalue weighted by atomic mass is 10.1. The maximum atomic E-state index is 11.0. The van der Waals surface area contributed by atoms with E-state index in [0.29, 0.717) is 5.69 Å². The summed E-state index contributed by atoms with van der Waals surface area (Å²) >= 11 is 0. The Morgan fingerprint density at radius 3 is 1.55 bits per heavy atom. The van der Waals surface area contributed by atoms with Gasteiger partial charge >= 0.3 is 11.9 Å². The van der Waals surface area contributed by atoms with Crippen LogP contribution in [0.15, 0.2) is 46.6 Å². The number of hydrogen-bond donors (Lipinski definition) is 2. The van der Waals surface area contributed by atoms with Gasteiger partial charge in [0.05, 0.1) is 22.5 Å². The van der Waals surface area contributed by atoms with Crippen LogP contribution in [0.1, 0.15) is 31.8 Å². The molecule has 0 amide bonds. The maximum absolute atomic E-state index is 11.0. The second-order valence-corrected chi connectivity index (χ2v) is 4.92. The number of carbonyl (C=O) groups is 2. The molecule has 2 N–H and O–H groups in total. The second-order valence-electron chi connectivity index (χ2n) is 4.92. The lowest BCUT2D eigenvalue weighted by molar-refractivity contribution is 0.0696. The molecule has 0 spiro atoms. The topological polar surface area (TPSA) is 99.3 Å². The van der Waals surface area contributed by atoms with Crippen molar-refractivity contribution in [2.24, 2.45) is 10.2 Å². The van der Waals surface area contributed by atoms with Gasteiger partial charge in [-0.2, -0.15) is 10.2 Å². The Kier molecular flexibility index (Phi) is 4.31. The van der Waals surface area contributed by atoms with E-state index in [-0.39, 0.29) is 16.8 Å². The molecule has 0 aliphatic heterocycles. The molecule has 2 aromatic carbocycles. The van der Waals surface area contributed by atoms with Crippen LogP contribution in [0.4, 0.5) is 11.4 Å². The van der Waals surface area contributed by atoms with E-state index in [9.17, 15) is 9.59 Å². The zero-order valence-corrected chi connectivity index (χ0v) is 12.1. The number of benzene rings is 2. The molecule has 0 saturated heterocycles. The van der Waals surface area contributed by atoms with E-state index in [1.807, 2.05) is 32.0 Å². The van der Waals surface area contributed by atoms with E-state index >= 15 is 0 Å². The molecule has 112 valence electrons. The molecular formula is C16H14N2O4. The Hall–Kier alpha value is -3.02. The number of azo groups is 1. The van der Waals surface area contributed by atoms with E-state index in [2.05, 4.69) is 10.2 Å². The van der Waals surface area contributed by atoms with Gasteiger partial charge in [0.25, 0.3) is 0 Å². The molecule has 22 heavy (non-hydrogen) atoms. The summed E-state index contributed by atoms with van der Waals surface area (Å²) in [4.78, 5) is 22.1. The van der Waals surface area contributed by atoms with Crippen molar-refractivity contribution in [3.8, 4) is 0 Å². The van der Waals surface area contributed by atoms with Gasteiger partial charge in [-0.25, -0.2) is 9.59 Å². The summed E-state index contributed by atoms with van der Waals surface area (Å²) in [6, 6.07) is 9.29. The van der Waals surface area contributed by atoms with E-state index in [1.54, 1.807) is 0 Å². The standard InChI is InChI=1S/C16H14N2O4/c1-9-3-10(2)5-13(4-9)17-18-14-7-11(15(19)20)6-12(8-14)16(21)22/h3-8H,1-2H3,(H,19,20)(H,21,22). The summed E-state index contributed by atoms with van der Waals surface area (Å²) in [6.07, 6.45) is 0. The Bertz CT molecular complexity index is 729. The van der Waals surface area contributed by atoms with Gasteiger partial charge in [-0.15, -0.1) is 0 Å². The minimum Gasteiger partial charge on any atom is -0.478 e. The summed E-state index contributed by atoms with van der Waals surface area (Å²) in [7, 11) is 0. The van der Waals surface area contributed by atoms with Gasteiger partial charge in [-0.1, -0.05) is 6.07 Å². The molecule has 0 heterocycles. The summed E-state index contributed by atoms with van der Waals surface area (Å²) in [5.41, 5.74) is 2.56. The van der Waals surface area contributed by atoms with Crippen LogP contribution < -0.4 is 0 Å². The second kappa shape index (κ2) is 6.17. The monoisotopic (exact) mass is 298 g/mol. The zero-order chi connectivity index (χ0) is 16.3. The molecule has 2 aromatic rings. The van der Waals surface area contributed by atoms with Crippen molar-refractivity contribution >= 4 is 23.3 Å². The smallest absolute Gasteiger partial charge is 0.335 e. The van der Waals surface area contributed by atoms with Gasteiger partial charge in [0, 0.05) is 0 Å². The normalized spacial score (nSPS) is 10.8. The lowest BCUT2D eigenvalue weighted by Crippen LogP contribution is -2.01. The number of nitrogens with zero attached hydrogens (tertiary/aromatic N) is 2. The highest BCUT2D eigenvalue weighted by atomic mass is 16.4. The van der Waals surface area contributed by atoms with Gasteiger partial charge in [0.2, 0.25) is 0 Å². The molecule has 0 aromatic heterocycles. The van der Waals surface area contributed by atoms with Crippen LogP contribution >= 0.6 is 0 Å². The molecule has 0 aliphatic carbocycles. The fourth-order valence-corrected chi connectivity index (χ4v) is 2.04. The van der Waals surface area contributed by atoms with Crippen LogP contribution in [0.25, 0.3) is 0 Å². The first-order valence-electron chi connectivity index (χ1n) is 6.47. The van der Waals surface area contributed by atoms with Crippen molar-refractivity contribution in [1.29, 1.82) is 0 Å². The largest absolute Gasteiger partial charge is 0.478 e. The third kappa shape index (κ3) is 3.76. The van der Waals surface area contributed by atoms with Gasteiger partial charge in [0.15, 0.2) is 0 Å². The van der Waals surface area contributed by atoms with Crippen LogP contribution in [0, 0.1) is 13.8 Å². The molecule has 0 radical (unpaired) electrons. The molecule has 2 rings (SSSR count). The number of hydrogen-bond acceptors (Lipinski definition) is 4. The lowest BCUT2D eigenvalue weighted by Gasteiger charge is -2.01. The van der Waals surface area contributed by atoms with Gasteiger partial charge in [-0.3, -0.25) is 0 Å². The average molecular weight is 298 g/mol. The molecular weight excluding hydrogens is 284 g/mol. The van der Waals surface area contributed by atoms with E-state index in [4.69, 9.17) is 10.2 Å². The number of rotatable bonds is 4. The third-order valence-corrected chi connectivity index (χ3v) is 2.90. The van der Waals surface area contributed by atoms with Crippen LogP contribution in [-0.2, 0) is 0 Å². The molecule has 0 atom stereocenters. The minimum absolute atomic E-state index is 0.144. The molecule has 0 saturated carbocycles. The van der Waals surface area contributed by atoms with Crippen LogP contribution in [-0.4, -0.2) is 22.2 Å². The average Bonchev–Trinajstić information content (AvgIpc) is 2.43. The van der Waals surface area contributed by atoms with Crippen molar-refractivity contribution in [2.45, 2.75) is 13.8 Å². The Morgan fingerprint density at radius 2 is 1.14 bits per heavy atom. The molecule has 0 bridgehead atoms. The molecule has 0 fully saturated rings. The van der Waals surface area contributed by atoms with Crippen molar-refractivity contribution in [3.05, 3.63) is 58.7 Å². The van der Waals surface area contributed by atoms with Crippen LogP contribution in [0.5, 0.6) is 0 Å². The molecule has 6 nitrogen and oxygen atoms in total. The fourth-order valence-electron chi connectivity index (χ4n) is 2.04. The number of carboxylic acid groups (broad SMARTS) is 2. The molecule has 0 aliphatic rings. The van der Waals surface area contributed by atoms with Crippen molar-refractivity contribution in [2.75, 3.05) is 0 Å². The van der Waals surface area contributed by atoms with Crippen LogP contribution in [0.3, 0.4) is 0 Å². The minimum atomic E-state index is -1.22. The predicted molar refractivity (Wildman–Crippen MR) is 80.5 cm³/mol. The highest BCUT2D eigenvalue weighted by Gasteiger charge is 2.11. The van der Waals surface area contributed by atoms with Crippen molar-refractivity contribution in [1.82, 2.24) is 0 Å².